The third-order valence-electron chi connectivity index (χ3n) is 2.99. The quantitative estimate of drug-likeness (QED) is 0.836. The molecule has 1 fully saturated rings. The average Bonchev–Trinajstić information content (AvgIpc) is 3.01. The zero-order chi connectivity index (χ0) is 13.4. The van der Waals surface area contributed by atoms with E-state index < -0.39 is 21.5 Å². The molecule has 0 heterocycles. The van der Waals surface area contributed by atoms with Gasteiger partial charge in [0.25, 0.3) is 0 Å². The van der Waals surface area contributed by atoms with Crippen molar-refractivity contribution in [1.29, 1.82) is 0 Å². The summed E-state index contributed by atoms with van der Waals surface area (Å²) < 4.78 is 26.0. The van der Waals surface area contributed by atoms with E-state index in [4.69, 9.17) is 5.11 Å². The second-order valence-electron chi connectivity index (χ2n) is 4.73. The molecule has 18 heavy (non-hydrogen) atoms. The number of aryl methyl sites for hydroxylation is 1. The van der Waals surface area contributed by atoms with Gasteiger partial charge in [-0.05, 0) is 25.3 Å². The lowest BCUT2D eigenvalue weighted by Gasteiger charge is -2.12. The zero-order valence-electron chi connectivity index (χ0n) is 10.0. The molecular formula is C12H15NO4S. The van der Waals surface area contributed by atoms with Crippen LogP contribution < -0.4 is 4.72 Å². The Kier molecular flexibility index (Phi) is 3.16. The SMILES string of the molecule is Cc1ccc(CS(=O)(=O)NC2(C(=O)O)CC2)cc1. The van der Waals surface area contributed by atoms with E-state index in [1.165, 1.54) is 0 Å². The van der Waals surface area contributed by atoms with Crippen molar-refractivity contribution in [3.05, 3.63) is 35.4 Å². The van der Waals surface area contributed by atoms with Crippen molar-refractivity contribution in [2.45, 2.75) is 31.1 Å². The molecule has 0 saturated heterocycles. The van der Waals surface area contributed by atoms with Gasteiger partial charge in [-0.25, -0.2) is 8.42 Å². The molecule has 2 N–H and O–H groups in total. The van der Waals surface area contributed by atoms with E-state index >= 15 is 0 Å². The lowest BCUT2D eigenvalue weighted by Crippen LogP contribution is -2.43. The Hall–Kier alpha value is -1.40. The van der Waals surface area contributed by atoms with Crippen molar-refractivity contribution in [3.63, 3.8) is 0 Å². The molecule has 5 nitrogen and oxygen atoms in total. The molecule has 0 radical (unpaired) electrons. The van der Waals surface area contributed by atoms with Gasteiger partial charge < -0.3 is 5.11 Å². The van der Waals surface area contributed by atoms with Crippen molar-refractivity contribution in [2.75, 3.05) is 0 Å². The molecular weight excluding hydrogens is 254 g/mol. The smallest absolute Gasteiger partial charge is 0.324 e. The molecule has 1 aliphatic carbocycles. The maximum absolute atomic E-state index is 11.9. The van der Waals surface area contributed by atoms with Crippen molar-refractivity contribution in [3.8, 4) is 0 Å². The third-order valence-corrected chi connectivity index (χ3v) is 4.40. The summed E-state index contributed by atoms with van der Waals surface area (Å²) in [7, 11) is -3.62. The van der Waals surface area contributed by atoms with Gasteiger partial charge in [-0.1, -0.05) is 29.8 Å². The van der Waals surface area contributed by atoms with Crippen molar-refractivity contribution in [2.24, 2.45) is 0 Å². The monoisotopic (exact) mass is 269 g/mol. The summed E-state index contributed by atoms with van der Waals surface area (Å²) in [6.07, 6.45) is 0.713. The van der Waals surface area contributed by atoms with E-state index in [1.54, 1.807) is 12.1 Å². The lowest BCUT2D eigenvalue weighted by atomic mass is 10.2. The third kappa shape index (κ3) is 2.88. The molecule has 1 aromatic carbocycles. The Bertz CT molecular complexity index is 558. The minimum Gasteiger partial charge on any atom is -0.480 e. The van der Waals surface area contributed by atoms with Crippen LogP contribution in [0.5, 0.6) is 0 Å². The Morgan fingerprint density at radius 2 is 1.89 bits per heavy atom. The van der Waals surface area contributed by atoms with Gasteiger partial charge in [0.15, 0.2) is 0 Å². The summed E-state index contributed by atoms with van der Waals surface area (Å²) in [5.41, 5.74) is 0.436. The number of hydrogen-bond acceptors (Lipinski definition) is 3. The number of carboxylic acid groups (broad SMARTS) is 1. The van der Waals surface area contributed by atoms with Gasteiger partial charge in [0.1, 0.15) is 5.54 Å². The van der Waals surface area contributed by atoms with E-state index in [0.717, 1.165) is 5.56 Å². The highest BCUT2D eigenvalue weighted by molar-refractivity contribution is 7.88. The van der Waals surface area contributed by atoms with Crippen LogP contribution in [0.2, 0.25) is 0 Å². The number of rotatable bonds is 5. The first-order valence-electron chi connectivity index (χ1n) is 5.64. The summed E-state index contributed by atoms with van der Waals surface area (Å²) in [4.78, 5) is 10.9. The minimum atomic E-state index is -3.62. The summed E-state index contributed by atoms with van der Waals surface area (Å²) >= 11 is 0. The van der Waals surface area contributed by atoms with Gasteiger partial charge in [-0.3, -0.25) is 4.79 Å². The fourth-order valence-corrected chi connectivity index (χ4v) is 3.31. The molecule has 1 aliphatic rings. The molecule has 1 saturated carbocycles. The summed E-state index contributed by atoms with van der Waals surface area (Å²) in [5.74, 6) is -1.29. The number of sulfonamides is 1. The number of nitrogens with one attached hydrogen (secondary N) is 1. The van der Waals surface area contributed by atoms with Gasteiger partial charge in [-0.15, -0.1) is 0 Å². The van der Waals surface area contributed by atoms with E-state index in [1.807, 2.05) is 19.1 Å². The van der Waals surface area contributed by atoms with Crippen molar-refractivity contribution >= 4 is 16.0 Å². The van der Waals surface area contributed by atoms with Crippen LogP contribution in [0.25, 0.3) is 0 Å². The minimum absolute atomic E-state index is 0.192. The molecule has 6 heteroatoms. The lowest BCUT2D eigenvalue weighted by molar-refractivity contribution is -0.140. The fourth-order valence-electron chi connectivity index (χ4n) is 1.72. The largest absolute Gasteiger partial charge is 0.480 e. The van der Waals surface area contributed by atoms with Gasteiger partial charge >= 0.3 is 5.97 Å². The summed E-state index contributed by atoms with van der Waals surface area (Å²) in [5, 5.41) is 8.94. The van der Waals surface area contributed by atoms with Crippen molar-refractivity contribution in [1.82, 2.24) is 4.72 Å². The van der Waals surface area contributed by atoms with Crippen LogP contribution in [-0.4, -0.2) is 25.0 Å². The Balaban J connectivity index is 2.08. The maximum atomic E-state index is 11.9. The second kappa shape index (κ2) is 4.37. The number of benzene rings is 1. The predicted molar refractivity (Wildman–Crippen MR) is 66.5 cm³/mol. The maximum Gasteiger partial charge on any atom is 0.324 e. The summed E-state index contributed by atoms with van der Waals surface area (Å²) in [6.45, 7) is 1.92. The van der Waals surface area contributed by atoms with E-state index in [9.17, 15) is 13.2 Å². The number of carbonyl (C=O) groups is 1. The van der Waals surface area contributed by atoms with Crippen LogP contribution in [0.3, 0.4) is 0 Å². The Labute approximate surface area is 106 Å². The molecule has 98 valence electrons. The first-order chi connectivity index (χ1) is 8.33. The van der Waals surface area contributed by atoms with Gasteiger partial charge in [0.05, 0.1) is 5.75 Å². The number of aliphatic carboxylic acids is 1. The first kappa shape index (κ1) is 13.0. The van der Waals surface area contributed by atoms with Crippen LogP contribution in [0.15, 0.2) is 24.3 Å². The van der Waals surface area contributed by atoms with Crippen LogP contribution in [0.1, 0.15) is 24.0 Å². The first-order valence-corrected chi connectivity index (χ1v) is 7.29. The van der Waals surface area contributed by atoms with E-state index in [-0.39, 0.29) is 5.75 Å². The van der Waals surface area contributed by atoms with Gasteiger partial charge in [0.2, 0.25) is 10.0 Å². The molecule has 0 atom stereocenters. The fraction of sp³-hybridized carbons (Fsp3) is 0.417. The summed E-state index contributed by atoms with van der Waals surface area (Å²) in [6, 6.07) is 7.12. The highest BCUT2D eigenvalue weighted by atomic mass is 32.2. The van der Waals surface area contributed by atoms with Gasteiger partial charge in [-0.2, -0.15) is 4.72 Å². The standard InChI is InChI=1S/C12H15NO4S/c1-9-2-4-10(5-3-9)8-18(16,17)13-12(6-7-12)11(14)15/h2-5,13H,6-8H2,1H3,(H,14,15). The van der Waals surface area contributed by atoms with Crippen LogP contribution >= 0.6 is 0 Å². The highest BCUT2D eigenvalue weighted by Crippen LogP contribution is 2.36. The zero-order valence-corrected chi connectivity index (χ0v) is 10.8. The molecule has 0 bridgehead atoms. The predicted octanol–water partition coefficient (Wildman–Crippen LogP) is 1.03. The van der Waals surface area contributed by atoms with Gasteiger partial charge in [0, 0.05) is 0 Å². The topological polar surface area (TPSA) is 83.5 Å². The highest BCUT2D eigenvalue weighted by Gasteiger charge is 2.52. The normalized spacial score (nSPS) is 17.4. The molecule has 0 unspecified atom stereocenters. The second-order valence-corrected chi connectivity index (χ2v) is 6.46. The Morgan fingerprint density at radius 3 is 2.33 bits per heavy atom. The van der Waals surface area contributed by atoms with Crippen LogP contribution in [0.4, 0.5) is 0 Å². The van der Waals surface area contributed by atoms with Crippen molar-refractivity contribution < 1.29 is 18.3 Å². The Morgan fingerprint density at radius 1 is 1.33 bits per heavy atom. The number of hydrogen-bond donors (Lipinski definition) is 2. The molecule has 2 rings (SSSR count). The molecule has 0 spiro atoms. The number of carboxylic acids is 1. The molecule has 0 aliphatic heterocycles. The van der Waals surface area contributed by atoms with E-state index in [0.29, 0.717) is 18.4 Å². The average molecular weight is 269 g/mol. The molecule has 0 aromatic heterocycles. The van der Waals surface area contributed by atoms with E-state index in [2.05, 4.69) is 4.72 Å². The van der Waals surface area contributed by atoms with Crippen LogP contribution in [-0.2, 0) is 20.6 Å². The van der Waals surface area contributed by atoms with Crippen LogP contribution in [0, 0.1) is 6.92 Å². The molecule has 1 aromatic rings. The molecule has 0 amide bonds.